The van der Waals surface area contributed by atoms with E-state index in [1.165, 1.54) is 10.9 Å². The molecule has 0 bridgehead atoms. The van der Waals surface area contributed by atoms with Gasteiger partial charge in [-0.3, -0.25) is 14.3 Å². The van der Waals surface area contributed by atoms with E-state index in [0.717, 1.165) is 0 Å². The van der Waals surface area contributed by atoms with Crippen LogP contribution >= 0.6 is 0 Å². The summed E-state index contributed by atoms with van der Waals surface area (Å²) < 4.78 is 1.17. The van der Waals surface area contributed by atoms with E-state index in [4.69, 9.17) is 0 Å². The van der Waals surface area contributed by atoms with E-state index in [1.54, 1.807) is 20.8 Å². The lowest BCUT2D eigenvalue weighted by Gasteiger charge is -2.20. The molecule has 0 saturated carbocycles. The monoisotopic (exact) mass is 208 g/mol. The summed E-state index contributed by atoms with van der Waals surface area (Å²) in [5.74, 6) is 0. The van der Waals surface area contributed by atoms with Crippen molar-refractivity contribution in [2.45, 2.75) is 26.3 Å². The third-order valence-corrected chi connectivity index (χ3v) is 2.16. The van der Waals surface area contributed by atoms with Crippen LogP contribution in [0, 0.1) is 0 Å². The molecule has 0 aromatic carbocycles. The minimum Gasteiger partial charge on any atom is -0.339 e. The average Bonchev–Trinajstić information content (AvgIpc) is 2.48. The van der Waals surface area contributed by atoms with Crippen LogP contribution in [-0.4, -0.2) is 19.5 Å². The van der Waals surface area contributed by atoms with Gasteiger partial charge in [-0.2, -0.15) is 0 Å². The lowest BCUT2D eigenvalue weighted by atomic mass is 10.1. The standard InChI is InChI=1S/C9H12N4O2/c1-9(2,3)13-7(14)5-6(11-4-10-5)12-8(13)15/h4H,1-3H3,(H,10,11)(H,12,15). The van der Waals surface area contributed by atoms with Crippen LogP contribution in [0.25, 0.3) is 11.2 Å². The Bertz CT molecular complexity index is 611. The molecule has 2 aromatic rings. The first kappa shape index (κ1) is 9.70. The summed E-state index contributed by atoms with van der Waals surface area (Å²) in [4.78, 5) is 32.7. The molecule has 0 atom stereocenters. The van der Waals surface area contributed by atoms with Crippen molar-refractivity contribution >= 4 is 11.2 Å². The number of nitrogens with zero attached hydrogens (tertiary/aromatic N) is 2. The number of imidazole rings is 1. The summed E-state index contributed by atoms with van der Waals surface area (Å²) in [7, 11) is 0. The normalized spacial score (nSPS) is 12.2. The van der Waals surface area contributed by atoms with E-state index in [9.17, 15) is 9.59 Å². The van der Waals surface area contributed by atoms with Crippen molar-refractivity contribution < 1.29 is 0 Å². The number of H-pyrrole nitrogens is 2. The zero-order valence-electron chi connectivity index (χ0n) is 8.79. The second kappa shape index (κ2) is 2.82. The molecule has 2 N–H and O–H groups in total. The molecule has 2 rings (SSSR count). The average molecular weight is 208 g/mol. The maximum Gasteiger partial charge on any atom is 0.330 e. The van der Waals surface area contributed by atoms with Gasteiger partial charge in [0.1, 0.15) is 5.52 Å². The Morgan fingerprint density at radius 2 is 2.00 bits per heavy atom. The predicted molar refractivity (Wildman–Crippen MR) is 56.0 cm³/mol. The van der Waals surface area contributed by atoms with Gasteiger partial charge in [0.25, 0.3) is 5.56 Å². The Morgan fingerprint density at radius 3 is 2.60 bits per heavy atom. The summed E-state index contributed by atoms with van der Waals surface area (Å²) in [6.07, 6.45) is 1.38. The zero-order chi connectivity index (χ0) is 11.2. The molecular weight excluding hydrogens is 196 g/mol. The highest BCUT2D eigenvalue weighted by atomic mass is 16.2. The van der Waals surface area contributed by atoms with E-state index in [-0.39, 0.29) is 5.56 Å². The Kier molecular flexibility index (Phi) is 1.82. The number of hydrogen-bond donors (Lipinski definition) is 2. The molecule has 0 amide bonds. The van der Waals surface area contributed by atoms with Gasteiger partial charge < -0.3 is 4.98 Å². The Hall–Kier alpha value is -1.85. The van der Waals surface area contributed by atoms with Gasteiger partial charge in [-0.1, -0.05) is 0 Å². The van der Waals surface area contributed by atoms with Gasteiger partial charge in [-0.05, 0) is 20.8 Å². The van der Waals surface area contributed by atoms with Gasteiger partial charge >= 0.3 is 5.69 Å². The van der Waals surface area contributed by atoms with Crippen LogP contribution in [0.4, 0.5) is 0 Å². The van der Waals surface area contributed by atoms with Crippen LogP contribution < -0.4 is 11.2 Å². The topological polar surface area (TPSA) is 83.5 Å². The first-order valence-corrected chi connectivity index (χ1v) is 4.60. The molecule has 0 unspecified atom stereocenters. The minimum absolute atomic E-state index is 0.297. The number of aromatic amines is 2. The Morgan fingerprint density at radius 1 is 1.33 bits per heavy atom. The lowest BCUT2D eigenvalue weighted by molar-refractivity contribution is 0.369. The molecule has 15 heavy (non-hydrogen) atoms. The van der Waals surface area contributed by atoms with Crippen molar-refractivity contribution in [1.29, 1.82) is 0 Å². The summed E-state index contributed by atoms with van der Waals surface area (Å²) in [6.45, 7) is 5.39. The zero-order valence-corrected chi connectivity index (χ0v) is 8.79. The molecule has 2 heterocycles. The number of hydrogen-bond acceptors (Lipinski definition) is 3. The molecule has 0 aliphatic heterocycles. The smallest absolute Gasteiger partial charge is 0.330 e. The molecule has 6 nitrogen and oxygen atoms in total. The highest BCUT2D eigenvalue weighted by molar-refractivity contribution is 5.67. The van der Waals surface area contributed by atoms with Crippen molar-refractivity contribution in [3.8, 4) is 0 Å². The Balaban J connectivity index is 2.98. The highest BCUT2D eigenvalue weighted by Gasteiger charge is 2.20. The fourth-order valence-electron chi connectivity index (χ4n) is 1.52. The van der Waals surface area contributed by atoms with Gasteiger partial charge in [0.15, 0.2) is 5.65 Å². The van der Waals surface area contributed by atoms with Crippen LogP contribution in [0.15, 0.2) is 15.9 Å². The van der Waals surface area contributed by atoms with Crippen LogP contribution in [0.5, 0.6) is 0 Å². The quantitative estimate of drug-likeness (QED) is 0.647. The van der Waals surface area contributed by atoms with E-state index in [2.05, 4.69) is 15.0 Å². The molecule has 0 aliphatic rings. The number of aromatic nitrogens is 4. The van der Waals surface area contributed by atoms with E-state index < -0.39 is 11.2 Å². The van der Waals surface area contributed by atoms with Gasteiger partial charge in [0.05, 0.1) is 6.33 Å². The van der Waals surface area contributed by atoms with Crippen molar-refractivity contribution in [3.63, 3.8) is 0 Å². The van der Waals surface area contributed by atoms with E-state index >= 15 is 0 Å². The molecule has 0 saturated heterocycles. The SMILES string of the molecule is CC(C)(C)n1c(=O)[nH]c2nc[nH]c2c1=O. The summed E-state index contributed by atoms with van der Waals surface area (Å²) in [5.41, 5.74) is -0.717. The molecule has 6 heteroatoms. The summed E-state index contributed by atoms with van der Waals surface area (Å²) in [6, 6.07) is 0. The molecule has 0 fully saturated rings. The van der Waals surface area contributed by atoms with Crippen LogP contribution in [-0.2, 0) is 5.54 Å². The van der Waals surface area contributed by atoms with Gasteiger partial charge in [0, 0.05) is 5.54 Å². The first-order chi connectivity index (χ1) is 6.91. The maximum absolute atomic E-state index is 11.9. The first-order valence-electron chi connectivity index (χ1n) is 4.60. The molecule has 0 spiro atoms. The van der Waals surface area contributed by atoms with Crippen molar-refractivity contribution in [2.24, 2.45) is 0 Å². The molecule has 2 aromatic heterocycles. The Labute approximate surface area is 85.0 Å². The molecule has 0 radical (unpaired) electrons. The fraction of sp³-hybridized carbons (Fsp3) is 0.444. The molecule has 80 valence electrons. The largest absolute Gasteiger partial charge is 0.339 e. The summed E-state index contributed by atoms with van der Waals surface area (Å²) in [5, 5.41) is 0. The van der Waals surface area contributed by atoms with Crippen molar-refractivity contribution in [2.75, 3.05) is 0 Å². The van der Waals surface area contributed by atoms with Crippen molar-refractivity contribution in [1.82, 2.24) is 19.5 Å². The highest BCUT2D eigenvalue weighted by Crippen LogP contribution is 2.08. The second-order valence-electron chi connectivity index (χ2n) is 4.37. The van der Waals surface area contributed by atoms with E-state index in [0.29, 0.717) is 11.2 Å². The second-order valence-corrected chi connectivity index (χ2v) is 4.37. The fourth-order valence-corrected chi connectivity index (χ4v) is 1.52. The number of rotatable bonds is 0. The van der Waals surface area contributed by atoms with Gasteiger partial charge in [-0.25, -0.2) is 9.78 Å². The van der Waals surface area contributed by atoms with Gasteiger partial charge in [-0.15, -0.1) is 0 Å². The maximum atomic E-state index is 11.9. The predicted octanol–water partition coefficient (Wildman–Crippen LogP) is 0.168. The van der Waals surface area contributed by atoms with Crippen LogP contribution in [0.2, 0.25) is 0 Å². The van der Waals surface area contributed by atoms with Crippen LogP contribution in [0.1, 0.15) is 20.8 Å². The van der Waals surface area contributed by atoms with Gasteiger partial charge in [0.2, 0.25) is 0 Å². The lowest BCUT2D eigenvalue weighted by Crippen LogP contribution is -2.44. The molecular formula is C9H12N4O2. The minimum atomic E-state index is -0.552. The third-order valence-electron chi connectivity index (χ3n) is 2.16. The third kappa shape index (κ3) is 1.38. The number of fused-ring (bicyclic) bond motifs is 1. The number of nitrogens with one attached hydrogen (secondary N) is 2. The van der Waals surface area contributed by atoms with Crippen molar-refractivity contribution in [3.05, 3.63) is 27.2 Å². The van der Waals surface area contributed by atoms with E-state index in [1.807, 2.05) is 0 Å². The summed E-state index contributed by atoms with van der Waals surface area (Å²) >= 11 is 0. The molecule has 0 aliphatic carbocycles. The van der Waals surface area contributed by atoms with Crippen LogP contribution in [0.3, 0.4) is 0 Å².